The number of aliphatic hydroxyl groups excluding tert-OH is 1. The Bertz CT molecular complexity index is 221. The number of quaternary nitrogens is 1. The zero-order valence-electron chi connectivity index (χ0n) is 7.33. The molecule has 2 unspecified atom stereocenters. The fourth-order valence-electron chi connectivity index (χ4n) is 1.12. The van der Waals surface area contributed by atoms with E-state index in [1.807, 2.05) is 37.4 Å². The van der Waals surface area contributed by atoms with E-state index in [0.29, 0.717) is 6.54 Å². The molecule has 66 valence electrons. The number of rotatable bonds is 3. The highest BCUT2D eigenvalue weighted by Gasteiger charge is 2.07. The normalized spacial score (nSPS) is 15.6. The van der Waals surface area contributed by atoms with Gasteiger partial charge in [0.1, 0.15) is 6.10 Å². The molecule has 2 N–H and O–H groups in total. The van der Waals surface area contributed by atoms with E-state index in [1.54, 1.807) is 0 Å². The number of hydrogen-bond acceptors (Lipinski definition) is 1. The highest BCUT2D eigenvalue weighted by Crippen LogP contribution is 2.08. The zero-order valence-corrected chi connectivity index (χ0v) is 7.33. The largest absolute Gasteiger partial charge is 0.468 e. The molecule has 0 aliphatic carbocycles. The van der Waals surface area contributed by atoms with E-state index in [4.69, 9.17) is 0 Å². The van der Waals surface area contributed by atoms with Gasteiger partial charge in [-0.05, 0) is 5.56 Å². The summed E-state index contributed by atoms with van der Waals surface area (Å²) in [7, 11) is 5.68. The van der Waals surface area contributed by atoms with Crippen molar-refractivity contribution >= 4 is 0 Å². The lowest BCUT2D eigenvalue weighted by Gasteiger charge is -2.18. The third kappa shape index (κ3) is 2.64. The van der Waals surface area contributed by atoms with Gasteiger partial charge in [0, 0.05) is 7.05 Å². The van der Waals surface area contributed by atoms with Gasteiger partial charge in [0.05, 0.1) is 6.54 Å². The standard InChI is InChI=1S/C10H15NO/c1-11(2)8-10(12)9-6-4-3-5-7-9/h3-7,10-12H,1,8H2,2H3. The quantitative estimate of drug-likeness (QED) is 0.607. The monoisotopic (exact) mass is 165 g/mol. The Morgan fingerprint density at radius 2 is 2.00 bits per heavy atom. The van der Waals surface area contributed by atoms with Crippen molar-refractivity contribution in [2.24, 2.45) is 0 Å². The summed E-state index contributed by atoms with van der Waals surface area (Å²) in [4.78, 5) is 1.01. The summed E-state index contributed by atoms with van der Waals surface area (Å²) in [5, 5.41) is 9.63. The fourth-order valence-corrected chi connectivity index (χ4v) is 1.12. The maximum atomic E-state index is 9.63. The summed E-state index contributed by atoms with van der Waals surface area (Å²) in [5.41, 5.74) is 0.959. The summed E-state index contributed by atoms with van der Waals surface area (Å²) in [6.07, 6.45) is -0.399. The molecule has 0 aliphatic rings. The predicted octanol–water partition coefficient (Wildman–Crippen LogP) is 0.0263. The van der Waals surface area contributed by atoms with Crippen LogP contribution in [-0.2, 0) is 0 Å². The average Bonchev–Trinajstić information content (AvgIpc) is 2.05. The third-order valence-electron chi connectivity index (χ3n) is 1.73. The van der Waals surface area contributed by atoms with Crippen molar-refractivity contribution in [1.82, 2.24) is 0 Å². The van der Waals surface area contributed by atoms with Crippen LogP contribution in [0.4, 0.5) is 0 Å². The molecule has 2 heteroatoms. The Balaban J connectivity index is 2.59. The maximum absolute atomic E-state index is 9.63. The number of likely N-dealkylation sites (N-methyl/N-ethyl adjacent to an activating group) is 1. The molecule has 0 amide bonds. The van der Waals surface area contributed by atoms with E-state index in [0.717, 1.165) is 10.5 Å². The van der Waals surface area contributed by atoms with Crippen molar-refractivity contribution in [3.8, 4) is 0 Å². The lowest BCUT2D eigenvalue weighted by molar-refractivity contribution is -0.836. The van der Waals surface area contributed by atoms with Crippen LogP contribution in [0.3, 0.4) is 0 Å². The Labute approximate surface area is 73.4 Å². The zero-order chi connectivity index (χ0) is 8.97. The minimum atomic E-state index is -0.399. The number of aliphatic hydroxyl groups is 1. The van der Waals surface area contributed by atoms with E-state index in [2.05, 4.69) is 7.05 Å². The minimum Gasteiger partial charge on any atom is -0.468 e. The van der Waals surface area contributed by atoms with Crippen LogP contribution in [0.5, 0.6) is 0 Å². The summed E-state index contributed by atoms with van der Waals surface area (Å²) >= 11 is 0. The van der Waals surface area contributed by atoms with Crippen LogP contribution in [0.2, 0.25) is 0 Å². The Hall–Kier alpha value is -0.860. The van der Waals surface area contributed by atoms with Crippen molar-refractivity contribution in [3.63, 3.8) is 0 Å². The minimum absolute atomic E-state index is 0.399. The summed E-state index contributed by atoms with van der Waals surface area (Å²) in [6, 6.07) is 9.64. The Morgan fingerprint density at radius 1 is 1.42 bits per heavy atom. The van der Waals surface area contributed by atoms with E-state index >= 15 is 0 Å². The number of benzene rings is 1. The first kappa shape index (κ1) is 9.23. The lowest BCUT2D eigenvalue weighted by atomic mass is 10.1. The first-order valence-electron chi connectivity index (χ1n) is 4.07. The van der Waals surface area contributed by atoms with Gasteiger partial charge in [0.2, 0.25) is 0 Å². The molecule has 1 rings (SSSR count). The molecule has 1 aromatic rings. The smallest absolute Gasteiger partial charge is 0.126 e. The molecule has 1 aromatic carbocycles. The molecule has 2 atom stereocenters. The maximum Gasteiger partial charge on any atom is 0.126 e. The van der Waals surface area contributed by atoms with Gasteiger partial charge in [0.25, 0.3) is 0 Å². The van der Waals surface area contributed by atoms with Crippen LogP contribution >= 0.6 is 0 Å². The van der Waals surface area contributed by atoms with Crippen LogP contribution in [0.1, 0.15) is 11.7 Å². The second-order valence-electron chi connectivity index (χ2n) is 3.09. The van der Waals surface area contributed by atoms with Gasteiger partial charge in [-0.3, -0.25) is 0 Å². The molecule has 0 aromatic heterocycles. The molecule has 12 heavy (non-hydrogen) atoms. The van der Waals surface area contributed by atoms with Crippen molar-refractivity contribution in [1.29, 1.82) is 0 Å². The van der Waals surface area contributed by atoms with E-state index in [9.17, 15) is 5.11 Å². The second kappa shape index (κ2) is 4.24. The average molecular weight is 165 g/mol. The highest BCUT2D eigenvalue weighted by atomic mass is 16.3. The first-order valence-corrected chi connectivity index (χ1v) is 4.07. The highest BCUT2D eigenvalue weighted by molar-refractivity contribution is 5.16. The third-order valence-corrected chi connectivity index (χ3v) is 1.73. The predicted molar refractivity (Wildman–Crippen MR) is 48.5 cm³/mol. The molecule has 2 nitrogen and oxygen atoms in total. The summed E-state index contributed by atoms with van der Waals surface area (Å²) in [5.74, 6) is 0. The number of hydrogen-bond donors (Lipinski definition) is 2. The van der Waals surface area contributed by atoms with Crippen LogP contribution in [0.15, 0.2) is 30.3 Å². The van der Waals surface area contributed by atoms with Gasteiger partial charge < -0.3 is 10.0 Å². The molecule has 0 fully saturated rings. The molecule has 0 bridgehead atoms. The van der Waals surface area contributed by atoms with Gasteiger partial charge >= 0.3 is 0 Å². The van der Waals surface area contributed by atoms with E-state index in [-0.39, 0.29) is 0 Å². The van der Waals surface area contributed by atoms with Gasteiger partial charge in [0.15, 0.2) is 0 Å². The molecule has 0 aliphatic heterocycles. The van der Waals surface area contributed by atoms with Crippen LogP contribution in [0, 0.1) is 7.05 Å². The molecule has 0 radical (unpaired) electrons. The van der Waals surface area contributed by atoms with Gasteiger partial charge in [-0.2, -0.15) is 7.05 Å². The van der Waals surface area contributed by atoms with Gasteiger partial charge in [-0.1, -0.05) is 30.3 Å². The molecular formula is C10H15NO. The van der Waals surface area contributed by atoms with Crippen LogP contribution in [0.25, 0.3) is 0 Å². The van der Waals surface area contributed by atoms with Crippen molar-refractivity contribution < 1.29 is 10.0 Å². The SMILES string of the molecule is [CH2-][NH+](C)CC(O)c1ccccc1. The number of nitrogens with one attached hydrogen (secondary N) is 1. The molecule has 0 heterocycles. The summed E-state index contributed by atoms with van der Waals surface area (Å²) in [6.45, 7) is 0.643. The van der Waals surface area contributed by atoms with Crippen LogP contribution < -0.4 is 4.90 Å². The van der Waals surface area contributed by atoms with Crippen LogP contribution in [-0.4, -0.2) is 18.7 Å². The first-order chi connectivity index (χ1) is 5.70. The lowest BCUT2D eigenvalue weighted by Crippen LogP contribution is -3.04. The van der Waals surface area contributed by atoms with Crippen molar-refractivity contribution in [2.45, 2.75) is 6.10 Å². The topological polar surface area (TPSA) is 24.7 Å². The summed E-state index contributed by atoms with van der Waals surface area (Å²) < 4.78 is 0. The fraction of sp³-hybridized carbons (Fsp3) is 0.300. The van der Waals surface area contributed by atoms with E-state index < -0.39 is 6.10 Å². The second-order valence-corrected chi connectivity index (χ2v) is 3.09. The molecular weight excluding hydrogens is 150 g/mol. The molecule has 0 spiro atoms. The Morgan fingerprint density at radius 3 is 2.50 bits per heavy atom. The van der Waals surface area contributed by atoms with E-state index in [1.165, 1.54) is 0 Å². The van der Waals surface area contributed by atoms with Crippen molar-refractivity contribution in [3.05, 3.63) is 42.9 Å². The van der Waals surface area contributed by atoms with Gasteiger partial charge in [-0.25, -0.2) is 0 Å². The molecule has 0 saturated carbocycles. The molecule has 0 saturated heterocycles. The van der Waals surface area contributed by atoms with Gasteiger partial charge in [-0.15, -0.1) is 0 Å². The van der Waals surface area contributed by atoms with Crippen molar-refractivity contribution in [2.75, 3.05) is 13.6 Å². The Kier molecular flexibility index (Phi) is 3.26.